The average molecular weight is 336 g/mol. The molecule has 1 aromatic carbocycles. The Bertz CT molecular complexity index is 813. The number of rotatable bonds is 6. The molecule has 24 heavy (non-hydrogen) atoms. The van der Waals surface area contributed by atoms with Crippen molar-refractivity contribution in [2.45, 2.75) is 0 Å². The monoisotopic (exact) mass is 336 g/mol. The van der Waals surface area contributed by atoms with Gasteiger partial charge < -0.3 is 20.2 Å². The van der Waals surface area contributed by atoms with Crippen molar-refractivity contribution in [2.24, 2.45) is 0 Å². The molecule has 0 atom stereocenters. The summed E-state index contributed by atoms with van der Waals surface area (Å²) >= 11 is 0. The number of hydrogen-bond donors (Lipinski definition) is 1. The highest BCUT2D eigenvalue weighted by Crippen LogP contribution is 2.23. The molecule has 0 aliphatic rings. The number of aromatic nitrogens is 1. The number of pyridine rings is 1. The summed E-state index contributed by atoms with van der Waals surface area (Å²) in [6.45, 7) is -0.599. The predicted octanol–water partition coefficient (Wildman–Crippen LogP) is 2.05. The second kappa shape index (κ2) is 7.09. The van der Waals surface area contributed by atoms with Crippen LogP contribution in [0.2, 0.25) is 0 Å². The van der Waals surface area contributed by atoms with Crippen LogP contribution in [0, 0.1) is 26.0 Å². The van der Waals surface area contributed by atoms with Gasteiger partial charge in [0.1, 0.15) is 6.20 Å². The number of ether oxygens (including phenoxy) is 1. The van der Waals surface area contributed by atoms with Crippen molar-refractivity contribution in [1.82, 2.24) is 4.98 Å². The van der Waals surface area contributed by atoms with Crippen LogP contribution in [-0.4, -0.2) is 27.3 Å². The molecule has 0 saturated heterocycles. The Labute approximate surface area is 133 Å². The van der Waals surface area contributed by atoms with Crippen LogP contribution in [0.4, 0.5) is 21.6 Å². The van der Waals surface area contributed by atoms with Gasteiger partial charge in [0.2, 0.25) is 11.6 Å². The first kappa shape index (κ1) is 16.7. The highest BCUT2D eigenvalue weighted by molar-refractivity contribution is 5.92. The molecule has 10 nitrogen and oxygen atoms in total. The van der Waals surface area contributed by atoms with Gasteiger partial charge in [-0.15, -0.1) is 0 Å². The van der Waals surface area contributed by atoms with E-state index < -0.39 is 39.7 Å². The highest BCUT2D eigenvalue weighted by Gasteiger charge is 2.18. The van der Waals surface area contributed by atoms with Crippen molar-refractivity contribution in [2.75, 3.05) is 11.9 Å². The smallest absolute Gasteiger partial charge is 0.406 e. The van der Waals surface area contributed by atoms with Gasteiger partial charge in [-0.05, 0) is 34.2 Å². The molecule has 124 valence electrons. The van der Waals surface area contributed by atoms with E-state index in [1.807, 2.05) is 0 Å². The standard InChI is InChI=1S/C13H9FN4O6/c14-9-4-3-8(6-10(9)17(20)21)16-12(19)7-24-11-2-1-5-15-13(11)18(22)23/h1-6H,7H2,(H,16,19). The van der Waals surface area contributed by atoms with Crippen molar-refractivity contribution in [3.05, 3.63) is 62.6 Å². The minimum Gasteiger partial charge on any atom is -0.476 e. The Balaban J connectivity index is 2.03. The largest absolute Gasteiger partial charge is 0.476 e. The molecule has 0 bridgehead atoms. The third kappa shape index (κ3) is 3.97. The number of anilines is 1. The van der Waals surface area contributed by atoms with Crippen molar-refractivity contribution in [1.29, 1.82) is 0 Å². The quantitative estimate of drug-likeness (QED) is 0.629. The Morgan fingerprint density at radius 3 is 2.67 bits per heavy atom. The topological polar surface area (TPSA) is 138 Å². The molecule has 1 heterocycles. The van der Waals surface area contributed by atoms with Crippen LogP contribution in [0.5, 0.6) is 5.75 Å². The maximum absolute atomic E-state index is 13.2. The lowest BCUT2D eigenvalue weighted by Crippen LogP contribution is -2.20. The van der Waals surface area contributed by atoms with E-state index in [9.17, 15) is 29.4 Å². The van der Waals surface area contributed by atoms with E-state index in [1.54, 1.807) is 0 Å². The number of hydrogen-bond acceptors (Lipinski definition) is 7. The summed E-state index contributed by atoms with van der Waals surface area (Å²) in [6, 6.07) is 5.47. The first-order chi connectivity index (χ1) is 11.4. The number of amides is 1. The Kier molecular flexibility index (Phi) is 4.94. The molecule has 0 spiro atoms. The minimum absolute atomic E-state index is 0.0163. The molecule has 0 aliphatic carbocycles. The molecule has 2 aromatic rings. The Morgan fingerprint density at radius 2 is 2.00 bits per heavy atom. The maximum atomic E-state index is 13.2. The summed E-state index contributed by atoms with van der Waals surface area (Å²) in [5.41, 5.74) is -0.811. The zero-order chi connectivity index (χ0) is 17.7. The van der Waals surface area contributed by atoms with Crippen molar-refractivity contribution in [3.63, 3.8) is 0 Å². The zero-order valence-electron chi connectivity index (χ0n) is 11.8. The molecule has 2 rings (SSSR count). The van der Waals surface area contributed by atoms with E-state index >= 15 is 0 Å². The van der Waals surface area contributed by atoms with Gasteiger partial charge in [0.05, 0.1) is 4.92 Å². The van der Waals surface area contributed by atoms with Gasteiger partial charge in [0, 0.05) is 11.8 Å². The van der Waals surface area contributed by atoms with Crippen LogP contribution in [0.25, 0.3) is 0 Å². The summed E-state index contributed by atoms with van der Waals surface area (Å²) < 4.78 is 18.2. The first-order valence-corrected chi connectivity index (χ1v) is 6.34. The Hall–Kier alpha value is -3.63. The van der Waals surface area contributed by atoms with Gasteiger partial charge in [-0.1, -0.05) is 0 Å². The van der Waals surface area contributed by atoms with E-state index in [1.165, 1.54) is 18.3 Å². The van der Waals surface area contributed by atoms with Crippen LogP contribution in [0.3, 0.4) is 0 Å². The van der Waals surface area contributed by atoms with Crippen molar-refractivity contribution in [3.8, 4) is 5.75 Å². The van der Waals surface area contributed by atoms with E-state index in [4.69, 9.17) is 4.74 Å². The van der Waals surface area contributed by atoms with Gasteiger partial charge in [0.15, 0.2) is 6.61 Å². The maximum Gasteiger partial charge on any atom is 0.406 e. The molecule has 0 aliphatic heterocycles. The summed E-state index contributed by atoms with van der Waals surface area (Å²) in [5.74, 6) is -2.54. The van der Waals surface area contributed by atoms with E-state index in [-0.39, 0.29) is 11.4 Å². The van der Waals surface area contributed by atoms with Gasteiger partial charge in [0.25, 0.3) is 5.91 Å². The lowest BCUT2D eigenvalue weighted by atomic mass is 10.2. The summed E-state index contributed by atoms with van der Waals surface area (Å²) in [6.07, 6.45) is 1.20. The number of carbonyl (C=O) groups is 1. The number of nitro groups is 2. The molecule has 0 fully saturated rings. The number of carbonyl (C=O) groups excluding carboxylic acids is 1. The number of nitrogens with zero attached hydrogens (tertiary/aromatic N) is 3. The van der Waals surface area contributed by atoms with Crippen LogP contribution in [0.15, 0.2) is 36.5 Å². The Morgan fingerprint density at radius 1 is 1.25 bits per heavy atom. The summed E-state index contributed by atoms with van der Waals surface area (Å²) in [7, 11) is 0. The van der Waals surface area contributed by atoms with E-state index in [0.717, 1.165) is 18.2 Å². The summed E-state index contributed by atoms with van der Waals surface area (Å²) in [4.78, 5) is 34.9. The molecule has 0 unspecified atom stereocenters. The highest BCUT2D eigenvalue weighted by atomic mass is 19.1. The van der Waals surface area contributed by atoms with E-state index in [2.05, 4.69) is 10.3 Å². The minimum atomic E-state index is -1.04. The van der Waals surface area contributed by atoms with Gasteiger partial charge in [-0.3, -0.25) is 14.9 Å². The molecule has 11 heteroatoms. The predicted molar refractivity (Wildman–Crippen MR) is 78.1 cm³/mol. The van der Waals surface area contributed by atoms with Crippen molar-refractivity contribution >= 4 is 23.1 Å². The third-order valence-corrected chi connectivity index (χ3v) is 2.71. The van der Waals surface area contributed by atoms with Crippen LogP contribution in [-0.2, 0) is 4.79 Å². The second-order valence-corrected chi connectivity index (χ2v) is 4.34. The average Bonchev–Trinajstić information content (AvgIpc) is 2.54. The van der Waals surface area contributed by atoms with Crippen LogP contribution < -0.4 is 10.1 Å². The van der Waals surface area contributed by atoms with Gasteiger partial charge in [-0.25, -0.2) is 0 Å². The molecule has 1 N–H and O–H groups in total. The molecule has 1 amide bonds. The normalized spacial score (nSPS) is 10.0. The number of benzene rings is 1. The van der Waals surface area contributed by atoms with E-state index in [0.29, 0.717) is 0 Å². The van der Waals surface area contributed by atoms with Gasteiger partial charge in [-0.2, -0.15) is 4.39 Å². The third-order valence-electron chi connectivity index (χ3n) is 2.71. The lowest BCUT2D eigenvalue weighted by molar-refractivity contribution is -0.390. The molecule has 0 saturated carbocycles. The fourth-order valence-electron chi connectivity index (χ4n) is 1.70. The number of halogens is 1. The fourth-order valence-corrected chi connectivity index (χ4v) is 1.70. The molecule has 1 aromatic heterocycles. The second-order valence-electron chi connectivity index (χ2n) is 4.34. The molecular formula is C13H9FN4O6. The SMILES string of the molecule is O=C(COc1cccnc1[N+](=O)[O-])Nc1ccc(F)c([N+](=O)[O-])c1. The number of nitro benzene ring substituents is 1. The van der Waals surface area contributed by atoms with Crippen LogP contribution >= 0.6 is 0 Å². The summed E-state index contributed by atoms with van der Waals surface area (Å²) in [5, 5.41) is 23.6. The zero-order valence-corrected chi connectivity index (χ0v) is 11.8. The van der Waals surface area contributed by atoms with Crippen molar-refractivity contribution < 1.29 is 23.8 Å². The molecular weight excluding hydrogens is 327 g/mol. The first-order valence-electron chi connectivity index (χ1n) is 6.34. The fraction of sp³-hybridized carbons (Fsp3) is 0.0769. The number of nitrogens with one attached hydrogen (secondary N) is 1. The van der Waals surface area contributed by atoms with Gasteiger partial charge >= 0.3 is 11.5 Å². The lowest BCUT2D eigenvalue weighted by Gasteiger charge is -2.07. The van der Waals surface area contributed by atoms with Crippen LogP contribution in [0.1, 0.15) is 0 Å². The molecule has 0 radical (unpaired) electrons.